The summed E-state index contributed by atoms with van der Waals surface area (Å²) in [6.45, 7) is 2.05. The van der Waals surface area contributed by atoms with Crippen LogP contribution in [0.25, 0.3) is 0 Å². The second-order valence-electron chi connectivity index (χ2n) is 5.57. The number of para-hydroxylation sites is 1. The van der Waals surface area contributed by atoms with Gasteiger partial charge in [-0.2, -0.15) is 0 Å². The van der Waals surface area contributed by atoms with E-state index >= 15 is 0 Å². The molecule has 18 heavy (non-hydrogen) atoms. The lowest BCUT2D eigenvalue weighted by Gasteiger charge is -2.48. The smallest absolute Gasteiger partial charge is 0.250 e. The summed E-state index contributed by atoms with van der Waals surface area (Å²) in [6.07, 6.45) is 5.51. The molecule has 3 heteroatoms. The van der Waals surface area contributed by atoms with Crippen molar-refractivity contribution in [2.45, 2.75) is 44.6 Å². The number of benzene rings is 1. The number of hydrogen-bond donors (Lipinski definition) is 1. The zero-order chi connectivity index (χ0) is 12.8. The van der Waals surface area contributed by atoms with Gasteiger partial charge in [0.2, 0.25) is 5.91 Å². The molecule has 1 N–H and O–H groups in total. The van der Waals surface area contributed by atoms with Crippen LogP contribution in [0.4, 0.5) is 11.4 Å². The minimum absolute atomic E-state index is 0.187. The highest BCUT2D eigenvalue weighted by Crippen LogP contribution is 2.43. The number of aryl methyl sites for hydroxylation is 1. The Morgan fingerprint density at radius 1 is 1.22 bits per heavy atom. The lowest BCUT2D eigenvalue weighted by atomic mass is 9.78. The third-order valence-corrected chi connectivity index (χ3v) is 4.60. The molecule has 1 heterocycles. The maximum absolute atomic E-state index is 12.5. The molecule has 0 atom stereocenters. The summed E-state index contributed by atoms with van der Waals surface area (Å²) in [7, 11) is 2.07. The van der Waals surface area contributed by atoms with Crippen molar-refractivity contribution in [1.82, 2.24) is 0 Å². The van der Waals surface area contributed by atoms with E-state index in [9.17, 15) is 4.79 Å². The highest BCUT2D eigenvalue weighted by molar-refractivity contribution is 6.07. The summed E-state index contributed by atoms with van der Waals surface area (Å²) < 4.78 is 0. The molecule has 1 fully saturated rings. The molecular formula is C15H20N2O. The molecule has 1 amide bonds. The van der Waals surface area contributed by atoms with Gasteiger partial charge < -0.3 is 10.2 Å². The Labute approximate surface area is 108 Å². The van der Waals surface area contributed by atoms with Crippen molar-refractivity contribution in [2.75, 3.05) is 17.3 Å². The van der Waals surface area contributed by atoms with Crippen LogP contribution in [0.5, 0.6) is 0 Å². The van der Waals surface area contributed by atoms with E-state index in [-0.39, 0.29) is 11.4 Å². The Hall–Kier alpha value is -1.51. The topological polar surface area (TPSA) is 32.3 Å². The molecule has 0 saturated heterocycles. The van der Waals surface area contributed by atoms with Crippen molar-refractivity contribution in [3.63, 3.8) is 0 Å². The Kier molecular flexibility index (Phi) is 2.58. The number of amides is 1. The quantitative estimate of drug-likeness (QED) is 0.760. The van der Waals surface area contributed by atoms with Gasteiger partial charge >= 0.3 is 0 Å². The normalized spacial score (nSPS) is 21.7. The van der Waals surface area contributed by atoms with Gasteiger partial charge in [0.15, 0.2) is 0 Å². The fraction of sp³-hybridized carbons (Fsp3) is 0.533. The maximum Gasteiger partial charge on any atom is 0.250 e. The van der Waals surface area contributed by atoms with E-state index in [0.29, 0.717) is 0 Å². The molecule has 3 rings (SSSR count). The van der Waals surface area contributed by atoms with Crippen LogP contribution < -0.4 is 10.2 Å². The molecular weight excluding hydrogens is 224 g/mol. The van der Waals surface area contributed by atoms with Crippen molar-refractivity contribution in [3.05, 3.63) is 23.8 Å². The van der Waals surface area contributed by atoms with Crippen molar-refractivity contribution in [1.29, 1.82) is 0 Å². The number of anilines is 2. The van der Waals surface area contributed by atoms with Crippen LogP contribution in [-0.4, -0.2) is 18.5 Å². The van der Waals surface area contributed by atoms with Gasteiger partial charge in [0.05, 0.1) is 11.4 Å². The summed E-state index contributed by atoms with van der Waals surface area (Å²) in [4.78, 5) is 14.8. The molecule has 1 spiro atoms. The zero-order valence-electron chi connectivity index (χ0n) is 11.1. The van der Waals surface area contributed by atoms with Crippen molar-refractivity contribution < 1.29 is 4.79 Å². The Morgan fingerprint density at radius 3 is 2.67 bits per heavy atom. The third kappa shape index (κ3) is 1.46. The van der Waals surface area contributed by atoms with Gasteiger partial charge in [-0.3, -0.25) is 4.79 Å². The number of nitrogens with one attached hydrogen (secondary N) is 1. The van der Waals surface area contributed by atoms with E-state index in [1.807, 2.05) is 13.0 Å². The first kappa shape index (κ1) is 11.6. The van der Waals surface area contributed by atoms with E-state index < -0.39 is 0 Å². The molecule has 0 radical (unpaired) electrons. The van der Waals surface area contributed by atoms with Gasteiger partial charge in [-0.25, -0.2) is 0 Å². The molecule has 0 unspecified atom stereocenters. The minimum atomic E-state index is -0.307. The fourth-order valence-corrected chi connectivity index (χ4v) is 3.41. The van der Waals surface area contributed by atoms with E-state index in [4.69, 9.17) is 0 Å². The van der Waals surface area contributed by atoms with Crippen LogP contribution >= 0.6 is 0 Å². The second-order valence-corrected chi connectivity index (χ2v) is 5.57. The first-order valence-corrected chi connectivity index (χ1v) is 6.80. The highest BCUT2D eigenvalue weighted by atomic mass is 16.2. The molecule has 2 aliphatic rings. The summed E-state index contributed by atoms with van der Waals surface area (Å²) >= 11 is 0. The monoisotopic (exact) mass is 244 g/mol. The van der Waals surface area contributed by atoms with Crippen LogP contribution in [-0.2, 0) is 4.79 Å². The second kappa shape index (κ2) is 4.01. The lowest BCUT2D eigenvalue weighted by Crippen LogP contribution is -2.59. The molecule has 0 aromatic heterocycles. The zero-order valence-corrected chi connectivity index (χ0v) is 11.1. The van der Waals surface area contributed by atoms with Gasteiger partial charge in [-0.15, -0.1) is 0 Å². The molecule has 3 nitrogen and oxygen atoms in total. The average Bonchev–Trinajstić information content (AvgIpc) is 2.39. The number of nitrogens with zero attached hydrogens (tertiary/aromatic N) is 1. The summed E-state index contributed by atoms with van der Waals surface area (Å²) in [5, 5.41) is 3.14. The maximum atomic E-state index is 12.5. The molecule has 0 bridgehead atoms. The number of carbonyl (C=O) groups is 1. The van der Waals surface area contributed by atoms with E-state index in [0.717, 1.165) is 42.6 Å². The molecule has 1 aromatic rings. The van der Waals surface area contributed by atoms with Gasteiger partial charge in [0, 0.05) is 7.05 Å². The number of hydrogen-bond acceptors (Lipinski definition) is 2. The lowest BCUT2D eigenvalue weighted by molar-refractivity contribution is -0.122. The predicted molar refractivity (Wildman–Crippen MR) is 74.0 cm³/mol. The number of fused-ring (bicyclic) bond motifs is 1. The summed E-state index contributed by atoms with van der Waals surface area (Å²) in [5.74, 6) is 0.187. The van der Waals surface area contributed by atoms with Gasteiger partial charge in [0.25, 0.3) is 0 Å². The van der Waals surface area contributed by atoms with Crippen LogP contribution in [0.15, 0.2) is 18.2 Å². The number of rotatable bonds is 0. The van der Waals surface area contributed by atoms with E-state index in [1.54, 1.807) is 0 Å². The molecule has 1 saturated carbocycles. The first-order valence-electron chi connectivity index (χ1n) is 6.80. The molecule has 96 valence electrons. The van der Waals surface area contributed by atoms with Crippen LogP contribution in [0.1, 0.15) is 37.7 Å². The Morgan fingerprint density at radius 2 is 1.94 bits per heavy atom. The Balaban J connectivity index is 2.09. The predicted octanol–water partition coefficient (Wildman–Crippen LogP) is 3.09. The highest BCUT2D eigenvalue weighted by Gasteiger charge is 2.46. The number of likely N-dealkylation sites (N-methyl/N-ethyl adjacent to an activating group) is 1. The summed E-state index contributed by atoms with van der Waals surface area (Å²) in [5.41, 5.74) is 2.98. The van der Waals surface area contributed by atoms with Crippen molar-refractivity contribution >= 4 is 17.3 Å². The van der Waals surface area contributed by atoms with Crippen LogP contribution in [0, 0.1) is 6.92 Å². The van der Waals surface area contributed by atoms with Gasteiger partial charge in [-0.05, 0) is 31.4 Å². The summed E-state index contributed by atoms with van der Waals surface area (Å²) in [6, 6.07) is 6.22. The fourth-order valence-electron chi connectivity index (χ4n) is 3.41. The van der Waals surface area contributed by atoms with Crippen LogP contribution in [0.3, 0.4) is 0 Å². The Bertz CT molecular complexity index is 489. The first-order chi connectivity index (χ1) is 8.65. The average molecular weight is 244 g/mol. The minimum Gasteiger partial charge on any atom is -0.358 e. The molecule has 1 aliphatic carbocycles. The standard InChI is InChI=1S/C15H20N2O/c1-11-7-6-8-12-13(11)16-14(18)15(17(12)2)9-4-3-5-10-15/h6-8H,3-5,9-10H2,1-2H3,(H,16,18). The largest absolute Gasteiger partial charge is 0.358 e. The van der Waals surface area contributed by atoms with Crippen molar-refractivity contribution in [3.8, 4) is 0 Å². The SMILES string of the molecule is Cc1cccc2c1NC(=O)C1(CCCCC1)N2C. The van der Waals surface area contributed by atoms with Crippen molar-refractivity contribution in [2.24, 2.45) is 0 Å². The van der Waals surface area contributed by atoms with E-state index in [1.165, 1.54) is 6.42 Å². The molecule has 1 aromatic carbocycles. The van der Waals surface area contributed by atoms with Crippen LogP contribution in [0.2, 0.25) is 0 Å². The molecule has 1 aliphatic heterocycles. The van der Waals surface area contributed by atoms with E-state index in [2.05, 4.69) is 29.4 Å². The third-order valence-electron chi connectivity index (χ3n) is 4.60. The van der Waals surface area contributed by atoms with Gasteiger partial charge in [0.1, 0.15) is 5.54 Å². The van der Waals surface area contributed by atoms with Gasteiger partial charge in [-0.1, -0.05) is 31.4 Å². The number of carbonyl (C=O) groups excluding carboxylic acids is 1.